The molecule has 0 aromatic carbocycles. The molecule has 142 valence electrons. The smallest absolute Gasteiger partial charge is 0.336 e. The molecule has 2 fully saturated rings. The molecule has 1 saturated heterocycles. The van der Waals surface area contributed by atoms with E-state index in [1.54, 1.807) is 0 Å². The van der Waals surface area contributed by atoms with Crippen molar-refractivity contribution in [3.63, 3.8) is 0 Å². The van der Waals surface area contributed by atoms with Crippen LogP contribution in [0, 0.1) is 17.3 Å². The molecule has 1 saturated carbocycles. The van der Waals surface area contributed by atoms with Crippen LogP contribution in [-0.2, 0) is 19.1 Å². The predicted octanol–water partition coefficient (Wildman–Crippen LogP) is 1.67. The summed E-state index contributed by atoms with van der Waals surface area (Å²) in [4.78, 5) is 24.5. The van der Waals surface area contributed by atoms with Crippen molar-refractivity contribution in [3.05, 3.63) is 36.0 Å². The van der Waals surface area contributed by atoms with Crippen LogP contribution in [0.5, 0.6) is 0 Å². The van der Waals surface area contributed by atoms with Gasteiger partial charge in [-0.3, -0.25) is 0 Å². The maximum Gasteiger partial charge on any atom is 0.336 e. The highest BCUT2D eigenvalue weighted by Crippen LogP contribution is 2.56. The van der Waals surface area contributed by atoms with Crippen LogP contribution in [0.2, 0.25) is 0 Å². The molecular formula is C20H26O6. The molecule has 26 heavy (non-hydrogen) atoms. The van der Waals surface area contributed by atoms with Crippen molar-refractivity contribution in [2.24, 2.45) is 17.3 Å². The lowest BCUT2D eigenvalue weighted by atomic mass is 9.54. The summed E-state index contributed by atoms with van der Waals surface area (Å²) in [5.74, 6) is -1.84. The Morgan fingerprint density at radius 2 is 2.15 bits per heavy atom. The summed E-state index contributed by atoms with van der Waals surface area (Å²) in [5, 5.41) is 20.2. The zero-order valence-electron chi connectivity index (χ0n) is 15.4. The first-order valence-electron chi connectivity index (χ1n) is 8.90. The molecule has 0 amide bonds. The molecule has 0 aromatic rings. The highest BCUT2D eigenvalue weighted by molar-refractivity contribution is 5.92. The summed E-state index contributed by atoms with van der Waals surface area (Å²) >= 11 is 0. The fraction of sp³-hybridized carbons (Fsp3) is 0.600. The van der Waals surface area contributed by atoms with Crippen LogP contribution >= 0.6 is 0 Å². The zero-order valence-corrected chi connectivity index (χ0v) is 15.4. The van der Waals surface area contributed by atoms with E-state index < -0.39 is 47.7 Å². The SMILES string of the molecule is C=C1C(=O)O[C@H]2[C@H]1[C@H](OC(=O)C(=C)[C@@H](C)O)C[C@@]1(C)[C@H](O)CC=C(C)[C@H]21. The Hall–Kier alpha value is -1.92. The Bertz CT molecular complexity index is 705. The number of esters is 2. The quantitative estimate of drug-likeness (QED) is 0.451. The summed E-state index contributed by atoms with van der Waals surface area (Å²) in [7, 11) is 0. The first-order chi connectivity index (χ1) is 12.1. The zero-order chi connectivity index (χ0) is 19.4. The Morgan fingerprint density at radius 3 is 2.77 bits per heavy atom. The number of carbonyl (C=O) groups excluding carboxylic acids is 2. The van der Waals surface area contributed by atoms with Gasteiger partial charge >= 0.3 is 11.9 Å². The number of carbonyl (C=O) groups is 2. The second kappa shape index (κ2) is 6.35. The van der Waals surface area contributed by atoms with Crippen molar-refractivity contribution in [1.29, 1.82) is 0 Å². The third-order valence-electron chi connectivity index (χ3n) is 6.28. The van der Waals surface area contributed by atoms with Gasteiger partial charge in [0.15, 0.2) is 0 Å². The Morgan fingerprint density at radius 1 is 1.50 bits per heavy atom. The minimum absolute atomic E-state index is 0.0510. The summed E-state index contributed by atoms with van der Waals surface area (Å²) < 4.78 is 11.2. The van der Waals surface area contributed by atoms with Gasteiger partial charge in [-0.1, -0.05) is 31.7 Å². The Kier molecular flexibility index (Phi) is 4.61. The second-order valence-corrected chi connectivity index (χ2v) is 7.95. The van der Waals surface area contributed by atoms with Crippen molar-refractivity contribution < 1.29 is 29.3 Å². The lowest BCUT2D eigenvalue weighted by molar-refractivity contribution is -0.173. The van der Waals surface area contributed by atoms with E-state index in [-0.39, 0.29) is 17.1 Å². The number of rotatable bonds is 3. The highest BCUT2D eigenvalue weighted by Gasteiger charge is 2.61. The standard InChI is InChI=1S/C20H26O6/c1-9-6-7-14(22)20(5)8-13(25-18(23)10(2)12(4)21)15-11(3)19(24)26-17(15)16(9)20/h6,12-17,21-22H,2-3,7-8H2,1,4-5H3/t12-,13-,14-,15-,16-,17+,20+/m1/s1. The van der Waals surface area contributed by atoms with Gasteiger partial charge in [0.05, 0.1) is 23.7 Å². The van der Waals surface area contributed by atoms with Gasteiger partial charge in [0.25, 0.3) is 0 Å². The van der Waals surface area contributed by atoms with Gasteiger partial charge in [-0.25, -0.2) is 9.59 Å². The van der Waals surface area contributed by atoms with E-state index in [1.165, 1.54) is 6.92 Å². The van der Waals surface area contributed by atoms with E-state index in [2.05, 4.69) is 13.2 Å². The van der Waals surface area contributed by atoms with Gasteiger partial charge < -0.3 is 19.7 Å². The van der Waals surface area contributed by atoms with Crippen molar-refractivity contribution in [2.45, 2.75) is 58.0 Å². The van der Waals surface area contributed by atoms with Crippen LogP contribution in [0.15, 0.2) is 36.0 Å². The van der Waals surface area contributed by atoms with E-state index in [0.29, 0.717) is 12.8 Å². The fourth-order valence-electron chi connectivity index (χ4n) is 4.70. The van der Waals surface area contributed by atoms with Crippen LogP contribution < -0.4 is 0 Å². The molecule has 0 unspecified atom stereocenters. The molecule has 1 aliphatic heterocycles. The van der Waals surface area contributed by atoms with Crippen LogP contribution in [-0.4, -0.2) is 46.6 Å². The van der Waals surface area contributed by atoms with E-state index in [0.717, 1.165) is 5.57 Å². The molecule has 1 heterocycles. The molecule has 6 nitrogen and oxygen atoms in total. The summed E-state index contributed by atoms with van der Waals surface area (Å²) in [6, 6.07) is 0. The molecule has 2 aliphatic carbocycles. The molecule has 3 rings (SSSR count). The minimum Gasteiger partial charge on any atom is -0.458 e. The minimum atomic E-state index is -1.03. The molecule has 0 aromatic heterocycles. The molecule has 3 aliphatic rings. The van der Waals surface area contributed by atoms with E-state index in [1.807, 2.05) is 19.9 Å². The topological polar surface area (TPSA) is 93.1 Å². The molecule has 0 radical (unpaired) electrons. The van der Waals surface area contributed by atoms with Crippen molar-refractivity contribution in [2.75, 3.05) is 0 Å². The van der Waals surface area contributed by atoms with Gasteiger partial charge in [0, 0.05) is 16.9 Å². The number of fused-ring (bicyclic) bond motifs is 3. The van der Waals surface area contributed by atoms with E-state index in [4.69, 9.17) is 9.47 Å². The fourth-order valence-corrected chi connectivity index (χ4v) is 4.70. The molecular weight excluding hydrogens is 336 g/mol. The van der Waals surface area contributed by atoms with Gasteiger partial charge in [0.1, 0.15) is 12.2 Å². The molecule has 2 N–H and O–H groups in total. The molecule has 6 heteroatoms. The first kappa shape index (κ1) is 18.9. The molecule has 7 atom stereocenters. The highest BCUT2D eigenvalue weighted by atomic mass is 16.6. The van der Waals surface area contributed by atoms with Crippen LogP contribution in [0.4, 0.5) is 0 Å². The van der Waals surface area contributed by atoms with Crippen molar-refractivity contribution >= 4 is 11.9 Å². The monoisotopic (exact) mass is 362 g/mol. The number of aliphatic hydroxyl groups is 2. The van der Waals surface area contributed by atoms with Gasteiger partial charge in [-0.2, -0.15) is 0 Å². The lowest BCUT2D eigenvalue weighted by Gasteiger charge is -2.53. The second-order valence-electron chi connectivity index (χ2n) is 7.95. The maximum absolute atomic E-state index is 12.3. The normalized spacial score (nSPS) is 40.0. The van der Waals surface area contributed by atoms with Gasteiger partial charge in [-0.15, -0.1) is 0 Å². The average molecular weight is 362 g/mol. The van der Waals surface area contributed by atoms with Crippen LogP contribution in [0.3, 0.4) is 0 Å². The Labute approximate surface area is 153 Å². The molecule has 0 spiro atoms. The number of hydrogen-bond acceptors (Lipinski definition) is 6. The number of aliphatic hydroxyl groups excluding tert-OH is 2. The van der Waals surface area contributed by atoms with Crippen LogP contribution in [0.25, 0.3) is 0 Å². The van der Waals surface area contributed by atoms with E-state index in [9.17, 15) is 19.8 Å². The Balaban J connectivity index is 1.97. The van der Waals surface area contributed by atoms with Gasteiger partial charge in [0.2, 0.25) is 0 Å². The summed E-state index contributed by atoms with van der Waals surface area (Å²) in [5.41, 5.74) is 0.700. The van der Waals surface area contributed by atoms with E-state index >= 15 is 0 Å². The summed E-state index contributed by atoms with van der Waals surface area (Å²) in [6.07, 6.45) is -0.0104. The third-order valence-corrected chi connectivity index (χ3v) is 6.28. The van der Waals surface area contributed by atoms with Crippen LogP contribution in [0.1, 0.15) is 33.6 Å². The van der Waals surface area contributed by atoms with Crippen molar-refractivity contribution in [3.8, 4) is 0 Å². The number of hydrogen-bond donors (Lipinski definition) is 2. The number of ether oxygens (including phenoxy) is 2. The predicted molar refractivity (Wildman–Crippen MR) is 93.8 cm³/mol. The average Bonchev–Trinajstić information content (AvgIpc) is 2.85. The summed E-state index contributed by atoms with van der Waals surface area (Å²) in [6.45, 7) is 12.8. The largest absolute Gasteiger partial charge is 0.458 e. The lowest BCUT2D eigenvalue weighted by Crippen LogP contribution is -2.57. The third kappa shape index (κ3) is 2.72. The maximum atomic E-state index is 12.3. The van der Waals surface area contributed by atoms with Crippen molar-refractivity contribution in [1.82, 2.24) is 0 Å². The molecule has 0 bridgehead atoms. The first-order valence-corrected chi connectivity index (χ1v) is 8.90. The van der Waals surface area contributed by atoms with Gasteiger partial charge in [-0.05, 0) is 26.7 Å².